The molecule has 0 atom stereocenters. The zero-order valence-electron chi connectivity index (χ0n) is 22.3. The van der Waals surface area contributed by atoms with Crippen molar-refractivity contribution in [3.8, 4) is 27.9 Å². The van der Waals surface area contributed by atoms with Crippen LogP contribution in [0.2, 0.25) is 0 Å². The first-order valence-electron chi connectivity index (χ1n) is 12.4. The molecule has 1 aromatic carbocycles. The zero-order valence-corrected chi connectivity index (χ0v) is 23.1. The van der Waals surface area contributed by atoms with Gasteiger partial charge < -0.3 is 19.8 Å². The summed E-state index contributed by atoms with van der Waals surface area (Å²) in [6, 6.07) is 11.0. The number of hydrogen-bond donors (Lipinski definition) is 2. The van der Waals surface area contributed by atoms with E-state index in [-0.39, 0.29) is 18.8 Å². The number of aryl methyl sites for hydroxylation is 1. The monoisotopic (exact) mass is 544 g/mol. The Hall–Kier alpha value is -4.49. The minimum absolute atomic E-state index is 0.0142. The average Bonchev–Trinajstić information content (AvgIpc) is 3.38. The Kier molecular flexibility index (Phi) is 8.12. The third kappa shape index (κ3) is 5.40. The van der Waals surface area contributed by atoms with Gasteiger partial charge in [-0.05, 0) is 52.3 Å². The summed E-state index contributed by atoms with van der Waals surface area (Å²) in [6.07, 6.45) is 0. The van der Waals surface area contributed by atoms with Crippen LogP contribution in [0.15, 0.2) is 63.0 Å². The number of nitrogens with one attached hydrogen (secondary N) is 2. The number of benzene rings is 1. The van der Waals surface area contributed by atoms with E-state index in [1.807, 2.05) is 35.7 Å². The second kappa shape index (κ2) is 11.5. The Morgan fingerprint density at radius 1 is 1.05 bits per heavy atom. The van der Waals surface area contributed by atoms with E-state index in [9.17, 15) is 19.6 Å². The van der Waals surface area contributed by atoms with Gasteiger partial charge in [0.2, 0.25) is 0 Å². The van der Waals surface area contributed by atoms with Gasteiger partial charge >= 0.3 is 11.9 Å². The van der Waals surface area contributed by atoms with Gasteiger partial charge in [0.25, 0.3) is 5.56 Å². The summed E-state index contributed by atoms with van der Waals surface area (Å²) < 4.78 is 10.7. The molecule has 2 aromatic heterocycles. The molecule has 1 aliphatic rings. The third-order valence-electron chi connectivity index (χ3n) is 6.36. The van der Waals surface area contributed by atoms with E-state index in [0.29, 0.717) is 50.1 Å². The molecule has 9 nitrogen and oxygen atoms in total. The molecule has 0 fully saturated rings. The lowest BCUT2D eigenvalue weighted by molar-refractivity contribution is -0.139. The van der Waals surface area contributed by atoms with Crippen LogP contribution in [0.3, 0.4) is 0 Å². The number of nitrogens with zero attached hydrogens (tertiary/aromatic N) is 2. The van der Waals surface area contributed by atoms with Gasteiger partial charge in [-0.15, -0.1) is 11.3 Å². The van der Waals surface area contributed by atoms with Crippen molar-refractivity contribution in [3.05, 3.63) is 85.4 Å². The van der Waals surface area contributed by atoms with E-state index in [4.69, 9.17) is 14.5 Å². The number of pyridine rings is 1. The van der Waals surface area contributed by atoms with Crippen molar-refractivity contribution in [1.29, 1.82) is 5.26 Å². The average molecular weight is 545 g/mol. The van der Waals surface area contributed by atoms with E-state index in [1.54, 1.807) is 34.6 Å². The Labute approximate surface area is 229 Å². The van der Waals surface area contributed by atoms with Crippen molar-refractivity contribution in [3.63, 3.8) is 0 Å². The normalized spacial score (nSPS) is 13.6. The number of carbonyl (C=O) groups is 2. The number of ether oxygens (including phenoxy) is 2. The maximum Gasteiger partial charge on any atom is 0.336 e. The van der Waals surface area contributed by atoms with E-state index < -0.39 is 23.4 Å². The first-order valence-corrected chi connectivity index (χ1v) is 13.3. The second-order valence-electron chi connectivity index (χ2n) is 8.90. The molecule has 1 aliphatic heterocycles. The summed E-state index contributed by atoms with van der Waals surface area (Å²) in [5.41, 5.74) is 4.86. The van der Waals surface area contributed by atoms with E-state index >= 15 is 0 Å². The minimum Gasteiger partial charge on any atom is -0.463 e. The number of aromatic amines is 1. The maximum atomic E-state index is 13.1. The number of hydrogen-bond acceptors (Lipinski definition) is 9. The van der Waals surface area contributed by atoms with Crippen LogP contribution >= 0.6 is 11.3 Å². The standard InChI is InChI=1S/C29H28N4O5S/c1-6-37-28(35)23-16(4)31-17(5)24(29(36)38-7-2)25(23)18-9-8-10-19(11-18)27-33-22(14-39-27)21-12-20(13-30)26(34)32-15(21)3/h8-12,14,25,31H,6-7H2,1-5H3,(H,32,34). The fourth-order valence-electron chi connectivity index (χ4n) is 4.64. The SMILES string of the molecule is CCOC(=O)C1=C(C)NC(C)=C(C(=O)OCC)C1c1cccc(-c2nc(-c3cc(C#N)c(=O)[nH]c3C)cs2)c1. The molecule has 0 unspecified atom stereocenters. The van der Waals surface area contributed by atoms with E-state index in [2.05, 4.69) is 10.3 Å². The lowest BCUT2D eigenvalue weighted by Gasteiger charge is -2.30. The van der Waals surface area contributed by atoms with Gasteiger partial charge in [-0.2, -0.15) is 5.26 Å². The number of rotatable bonds is 7. The molecule has 0 saturated carbocycles. The van der Waals surface area contributed by atoms with E-state index in [0.717, 1.165) is 5.56 Å². The highest BCUT2D eigenvalue weighted by molar-refractivity contribution is 7.13. The van der Waals surface area contributed by atoms with Crippen molar-refractivity contribution in [2.75, 3.05) is 13.2 Å². The van der Waals surface area contributed by atoms with Gasteiger partial charge in [-0.1, -0.05) is 18.2 Å². The number of thiazole rings is 1. The van der Waals surface area contributed by atoms with E-state index in [1.165, 1.54) is 17.4 Å². The summed E-state index contributed by atoms with van der Waals surface area (Å²) >= 11 is 1.41. The molecule has 0 radical (unpaired) electrons. The molecular weight excluding hydrogens is 516 g/mol. The molecule has 39 heavy (non-hydrogen) atoms. The molecule has 0 amide bonds. The number of carbonyl (C=O) groups excluding carboxylic acids is 2. The van der Waals surface area contributed by atoms with Gasteiger partial charge in [0, 0.05) is 33.6 Å². The summed E-state index contributed by atoms with van der Waals surface area (Å²) in [4.78, 5) is 45.6. The molecule has 4 rings (SSSR count). The fourth-order valence-corrected chi connectivity index (χ4v) is 5.46. The number of aromatic nitrogens is 2. The largest absolute Gasteiger partial charge is 0.463 e. The highest BCUT2D eigenvalue weighted by Gasteiger charge is 2.38. The summed E-state index contributed by atoms with van der Waals surface area (Å²) in [5.74, 6) is -1.72. The van der Waals surface area contributed by atoms with Gasteiger partial charge in [-0.3, -0.25) is 4.79 Å². The van der Waals surface area contributed by atoms with Crippen LogP contribution in [0.5, 0.6) is 0 Å². The van der Waals surface area contributed by atoms with Crippen LogP contribution in [0.25, 0.3) is 21.8 Å². The molecular formula is C29H28N4O5S. The van der Waals surface area contributed by atoms with Crippen molar-refractivity contribution in [2.24, 2.45) is 0 Å². The van der Waals surface area contributed by atoms with Gasteiger partial charge in [-0.25, -0.2) is 14.6 Å². The highest BCUT2D eigenvalue weighted by atomic mass is 32.1. The summed E-state index contributed by atoms with van der Waals surface area (Å²) in [5, 5.41) is 15.0. The van der Waals surface area contributed by atoms with Crippen molar-refractivity contribution >= 4 is 23.3 Å². The number of allylic oxidation sites excluding steroid dienone is 2. The van der Waals surface area contributed by atoms with Crippen LogP contribution in [0, 0.1) is 18.3 Å². The van der Waals surface area contributed by atoms with Crippen molar-refractivity contribution < 1.29 is 19.1 Å². The quantitative estimate of drug-likeness (QED) is 0.409. The molecule has 3 aromatic rings. The molecule has 200 valence electrons. The topological polar surface area (TPSA) is 134 Å². The van der Waals surface area contributed by atoms with Crippen LogP contribution in [-0.2, 0) is 19.1 Å². The predicted octanol–water partition coefficient (Wildman–Crippen LogP) is 4.71. The van der Waals surface area contributed by atoms with Crippen molar-refractivity contribution in [2.45, 2.75) is 40.5 Å². The maximum absolute atomic E-state index is 13.1. The van der Waals surface area contributed by atoms with Gasteiger partial charge in [0.15, 0.2) is 0 Å². The summed E-state index contributed by atoms with van der Waals surface area (Å²) in [6.45, 7) is 9.17. The second-order valence-corrected chi connectivity index (χ2v) is 9.76. The zero-order chi connectivity index (χ0) is 28.3. The predicted molar refractivity (Wildman–Crippen MR) is 148 cm³/mol. The van der Waals surface area contributed by atoms with Crippen LogP contribution in [0.4, 0.5) is 0 Å². The smallest absolute Gasteiger partial charge is 0.336 e. The number of nitriles is 1. The molecule has 3 heterocycles. The Morgan fingerprint density at radius 2 is 1.69 bits per heavy atom. The van der Waals surface area contributed by atoms with Crippen LogP contribution in [0.1, 0.15) is 50.4 Å². The number of esters is 2. The molecule has 10 heteroatoms. The fraction of sp³-hybridized carbons (Fsp3) is 0.276. The Bertz CT molecular complexity index is 1580. The minimum atomic E-state index is -0.705. The van der Waals surface area contributed by atoms with Gasteiger partial charge in [0.05, 0.1) is 36.0 Å². The number of H-pyrrole nitrogens is 1. The number of dihydropyridines is 1. The molecule has 0 spiro atoms. The lowest BCUT2D eigenvalue weighted by atomic mass is 9.80. The third-order valence-corrected chi connectivity index (χ3v) is 7.25. The molecule has 0 bridgehead atoms. The highest BCUT2D eigenvalue weighted by Crippen LogP contribution is 2.41. The van der Waals surface area contributed by atoms with Crippen LogP contribution in [-0.4, -0.2) is 35.1 Å². The lowest BCUT2D eigenvalue weighted by Crippen LogP contribution is -2.32. The van der Waals surface area contributed by atoms with Crippen LogP contribution < -0.4 is 10.9 Å². The van der Waals surface area contributed by atoms with Gasteiger partial charge in [0.1, 0.15) is 16.6 Å². The first-order chi connectivity index (χ1) is 18.7. The van der Waals surface area contributed by atoms with Crippen molar-refractivity contribution in [1.82, 2.24) is 15.3 Å². The Morgan fingerprint density at radius 3 is 2.28 bits per heavy atom. The molecule has 0 saturated heterocycles. The first kappa shape index (κ1) is 27.5. The Balaban J connectivity index is 1.81. The summed E-state index contributed by atoms with van der Waals surface area (Å²) in [7, 11) is 0. The molecule has 2 N–H and O–H groups in total. The molecule has 0 aliphatic carbocycles.